The van der Waals surface area contributed by atoms with Gasteiger partial charge in [0.15, 0.2) is 0 Å². The van der Waals surface area contributed by atoms with Crippen molar-refractivity contribution in [3.8, 4) is 11.5 Å². The number of aromatic nitrogens is 2. The number of piperidine rings is 1. The number of pyridine rings is 1. The summed E-state index contributed by atoms with van der Waals surface area (Å²) in [4.78, 5) is 33.2. The Morgan fingerprint density at radius 1 is 1.21 bits per heavy atom. The number of rotatable bonds is 5. The first-order chi connectivity index (χ1) is 14.0. The van der Waals surface area contributed by atoms with Crippen molar-refractivity contribution < 1.29 is 19.1 Å². The Morgan fingerprint density at radius 3 is 2.86 bits per heavy atom. The average Bonchev–Trinajstić information content (AvgIpc) is 3.16. The molecular weight excluding hydrogens is 372 g/mol. The number of ether oxygens (including phenoxy) is 2. The lowest BCUT2D eigenvalue weighted by Crippen LogP contribution is -2.44. The molecule has 0 radical (unpaired) electrons. The lowest BCUT2D eigenvalue weighted by molar-refractivity contribution is 0.0533. The van der Waals surface area contributed by atoms with Crippen LogP contribution < -0.4 is 15.2 Å². The number of aromatic amines is 1. The summed E-state index contributed by atoms with van der Waals surface area (Å²) in [6.45, 7) is 1.13. The standard InChI is InChI=1S/C21H22N4O4/c1-28-14-5-4-13-9-19(24-17(13)10-14)21(27)25-8-2-3-16(12-25)29-15-6-7-23-18(11-15)20(22)26/h4-7,9-11,16,24H,2-3,8,12H2,1H3,(H2,22,26). The Labute approximate surface area is 167 Å². The minimum absolute atomic E-state index is 0.0685. The number of nitrogens with two attached hydrogens (primary N) is 1. The van der Waals surface area contributed by atoms with E-state index in [1.54, 1.807) is 18.1 Å². The number of primary amides is 1. The van der Waals surface area contributed by atoms with Crippen molar-refractivity contribution in [2.24, 2.45) is 5.73 Å². The van der Waals surface area contributed by atoms with Crippen LogP contribution in [-0.2, 0) is 0 Å². The molecule has 1 aromatic carbocycles. The number of nitrogens with one attached hydrogen (secondary N) is 1. The van der Waals surface area contributed by atoms with Crippen LogP contribution in [0.5, 0.6) is 11.5 Å². The highest BCUT2D eigenvalue weighted by atomic mass is 16.5. The third kappa shape index (κ3) is 4.01. The van der Waals surface area contributed by atoms with Gasteiger partial charge in [-0.05, 0) is 37.1 Å². The van der Waals surface area contributed by atoms with E-state index in [0.717, 1.165) is 29.5 Å². The number of carbonyl (C=O) groups excluding carboxylic acids is 2. The van der Waals surface area contributed by atoms with E-state index < -0.39 is 5.91 Å². The number of hydrogen-bond acceptors (Lipinski definition) is 5. The van der Waals surface area contributed by atoms with Crippen LogP contribution in [-0.4, -0.2) is 53.0 Å². The molecule has 3 heterocycles. The Morgan fingerprint density at radius 2 is 2.07 bits per heavy atom. The van der Waals surface area contributed by atoms with E-state index in [4.69, 9.17) is 15.2 Å². The van der Waals surface area contributed by atoms with Gasteiger partial charge in [-0.25, -0.2) is 0 Å². The number of likely N-dealkylation sites (tertiary alicyclic amines) is 1. The summed E-state index contributed by atoms with van der Waals surface area (Å²) < 4.78 is 11.2. The fourth-order valence-corrected chi connectivity index (χ4v) is 3.55. The number of hydrogen-bond donors (Lipinski definition) is 2. The van der Waals surface area contributed by atoms with Crippen molar-refractivity contribution in [1.82, 2.24) is 14.9 Å². The summed E-state index contributed by atoms with van der Waals surface area (Å²) in [6, 6.07) is 10.7. The zero-order valence-corrected chi connectivity index (χ0v) is 16.1. The normalized spacial score (nSPS) is 16.6. The van der Waals surface area contributed by atoms with E-state index in [1.807, 2.05) is 24.3 Å². The van der Waals surface area contributed by atoms with Gasteiger partial charge >= 0.3 is 0 Å². The molecule has 1 saturated heterocycles. The molecule has 1 aliphatic heterocycles. The molecule has 1 fully saturated rings. The number of fused-ring (bicyclic) bond motifs is 1. The Balaban J connectivity index is 1.47. The first kappa shape index (κ1) is 18.8. The van der Waals surface area contributed by atoms with Crippen molar-refractivity contribution in [2.75, 3.05) is 20.2 Å². The Hall–Kier alpha value is -3.55. The predicted octanol–water partition coefficient (Wildman–Crippen LogP) is 2.35. The topological polar surface area (TPSA) is 111 Å². The monoisotopic (exact) mass is 394 g/mol. The van der Waals surface area contributed by atoms with Crippen molar-refractivity contribution >= 4 is 22.7 Å². The van der Waals surface area contributed by atoms with Gasteiger partial charge in [0, 0.05) is 35.8 Å². The fraction of sp³-hybridized carbons (Fsp3) is 0.286. The quantitative estimate of drug-likeness (QED) is 0.690. The number of amides is 2. The van der Waals surface area contributed by atoms with Crippen LogP contribution in [0.4, 0.5) is 0 Å². The molecule has 0 bridgehead atoms. The smallest absolute Gasteiger partial charge is 0.270 e. The molecule has 29 heavy (non-hydrogen) atoms. The molecule has 1 unspecified atom stereocenters. The van der Waals surface area contributed by atoms with Crippen LogP contribution in [0.1, 0.15) is 33.8 Å². The zero-order valence-electron chi connectivity index (χ0n) is 16.1. The molecule has 3 N–H and O–H groups in total. The van der Waals surface area contributed by atoms with Gasteiger partial charge in [0.05, 0.1) is 13.7 Å². The van der Waals surface area contributed by atoms with E-state index in [2.05, 4.69) is 9.97 Å². The maximum absolute atomic E-state index is 13.0. The molecular formula is C21H22N4O4. The average molecular weight is 394 g/mol. The van der Waals surface area contributed by atoms with E-state index >= 15 is 0 Å². The van der Waals surface area contributed by atoms with E-state index in [9.17, 15) is 9.59 Å². The second-order valence-electron chi connectivity index (χ2n) is 7.01. The molecule has 150 valence electrons. The van der Waals surface area contributed by atoms with Gasteiger partial charge in [-0.1, -0.05) is 0 Å². The molecule has 1 aliphatic rings. The summed E-state index contributed by atoms with van der Waals surface area (Å²) in [5.74, 6) is 0.579. The van der Waals surface area contributed by atoms with E-state index in [1.165, 1.54) is 12.3 Å². The maximum Gasteiger partial charge on any atom is 0.270 e. The van der Waals surface area contributed by atoms with Gasteiger partial charge in [0.2, 0.25) is 0 Å². The van der Waals surface area contributed by atoms with Gasteiger partial charge < -0.3 is 25.1 Å². The molecule has 0 aliphatic carbocycles. The minimum atomic E-state index is -0.605. The summed E-state index contributed by atoms with van der Waals surface area (Å²) >= 11 is 0. The number of nitrogens with zero attached hydrogens (tertiary/aromatic N) is 2. The predicted molar refractivity (Wildman–Crippen MR) is 107 cm³/mol. The van der Waals surface area contributed by atoms with Crippen LogP contribution in [0.15, 0.2) is 42.6 Å². The highest BCUT2D eigenvalue weighted by molar-refractivity contribution is 5.98. The summed E-state index contributed by atoms with van der Waals surface area (Å²) in [7, 11) is 1.61. The first-order valence-electron chi connectivity index (χ1n) is 9.42. The molecule has 3 aromatic rings. The second-order valence-corrected chi connectivity index (χ2v) is 7.01. The van der Waals surface area contributed by atoms with Crippen LogP contribution in [0.3, 0.4) is 0 Å². The van der Waals surface area contributed by atoms with Gasteiger partial charge in [-0.3, -0.25) is 14.6 Å². The van der Waals surface area contributed by atoms with Crippen LogP contribution in [0.25, 0.3) is 10.9 Å². The lowest BCUT2D eigenvalue weighted by atomic mass is 10.1. The molecule has 2 amide bonds. The Bertz CT molecular complexity index is 1060. The molecule has 8 nitrogen and oxygen atoms in total. The van der Waals surface area contributed by atoms with Crippen molar-refractivity contribution in [1.29, 1.82) is 0 Å². The van der Waals surface area contributed by atoms with Gasteiger partial charge in [0.1, 0.15) is 29.0 Å². The van der Waals surface area contributed by atoms with E-state index in [0.29, 0.717) is 24.5 Å². The molecule has 1 atom stereocenters. The van der Waals surface area contributed by atoms with Crippen molar-refractivity contribution in [2.45, 2.75) is 18.9 Å². The van der Waals surface area contributed by atoms with Crippen molar-refractivity contribution in [3.05, 3.63) is 54.0 Å². The first-order valence-corrected chi connectivity index (χ1v) is 9.42. The maximum atomic E-state index is 13.0. The number of carbonyl (C=O) groups is 2. The highest BCUT2D eigenvalue weighted by Crippen LogP contribution is 2.24. The molecule has 8 heteroatoms. The third-order valence-corrected chi connectivity index (χ3v) is 5.01. The summed E-state index contributed by atoms with van der Waals surface area (Å²) in [6.07, 6.45) is 2.97. The molecule has 4 rings (SSSR count). The zero-order chi connectivity index (χ0) is 20.4. The Kier molecular flexibility index (Phi) is 5.07. The van der Waals surface area contributed by atoms with Gasteiger partial charge in [-0.2, -0.15) is 0 Å². The third-order valence-electron chi connectivity index (χ3n) is 5.01. The van der Waals surface area contributed by atoms with E-state index in [-0.39, 0.29) is 17.7 Å². The largest absolute Gasteiger partial charge is 0.497 e. The van der Waals surface area contributed by atoms with Crippen LogP contribution >= 0.6 is 0 Å². The second kappa shape index (κ2) is 7.83. The lowest BCUT2D eigenvalue weighted by Gasteiger charge is -2.32. The molecule has 0 saturated carbocycles. The summed E-state index contributed by atoms with van der Waals surface area (Å²) in [5, 5.41) is 0.953. The number of benzene rings is 1. The SMILES string of the molecule is COc1ccc2cc(C(=O)N3CCCC(Oc4ccnc(C(N)=O)c4)C3)[nH]c2c1. The number of methoxy groups -OCH3 is 1. The molecule has 2 aromatic heterocycles. The van der Waals surface area contributed by atoms with Gasteiger partial charge in [0.25, 0.3) is 11.8 Å². The van der Waals surface area contributed by atoms with Gasteiger partial charge in [-0.15, -0.1) is 0 Å². The minimum Gasteiger partial charge on any atom is -0.497 e. The van der Waals surface area contributed by atoms with Crippen LogP contribution in [0.2, 0.25) is 0 Å². The van der Waals surface area contributed by atoms with Crippen molar-refractivity contribution in [3.63, 3.8) is 0 Å². The summed E-state index contributed by atoms with van der Waals surface area (Å²) in [5.41, 5.74) is 6.81. The fourth-order valence-electron chi connectivity index (χ4n) is 3.55. The number of H-pyrrole nitrogens is 1. The van der Waals surface area contributed by atoms with Crippen LogP contribution in [0, 0.1) is 0 Å². The molecule has 0 spiro atoms. The highest BCUT2D eigenvalue weighted by Gasteiger charge is 2.27.